The normalized spacial score (nSPS) is 13.8. The van der Waals surface area contributed by atoms with Gasteiger partial charge in [0.05, 0.1) is 6.10 Å². The van der Waals surface area contributed by atoms with Crippen LogP contribution >= 0.6 is 0 Å². The summed E-state index contributed by atoms with van der Waals surface area (Å²) < 4.78 is 6.31. The van der Waals surface area contributed by atoms with Crippen LogP contribution in [0.5, 0.6) is 0 Å². The quantitative estimate of drug-likeness (QED) is 0.424. The van der Waals surface area contributed by atoms with Crippen molar-refractivity contribution in [1.29, 1.82) is 0 Å². The largest absolute Gasteiger partial charge is 0.413 e. The second kappa shape index (κ2) is 6.98. The minimum atomic E-state index is -1.72. The molecule has 0 heterocycles. The molecule has 0 N–H and O–H groups in total. The summed E-state index contributed by atoms with van der Waals surface area (Å²) in [6.07, 6.45) is 3.59. The topological polar surface area (TPSA) is 26.3 Å². The van der Waals surface area contributed by atoms with E-state index >= 15 is 0 Å². The Bertz CT molecular complexity index is 292. The third-order valence-corrected chi connectivity index (χ3v) is 7.90. The Hall–Kier alpha value is -0.593. The lowest BCUT2D eigenvalue weighted by atomic mass is 10.1. The molecule has 98 valence electrons. The Kier molecular flexibility index (Phi) is 6.73. The van der Waals surface area contributed by atoms with Crippen LogP contribution in [-0.2, 0) is 9.22 Å². The SMILES string of the molecule is CCCC(CC#CC=O)O[Si](C)(C)C(C)(C)C. The van der Waals surface area contributed by atoms with Crippen molar-refractivity contribution in [2.75, 3.05) is 0 Å². The molecule has 1 unspecified atom stereocenters. The molecular weight excluding hydrogens is 228 g/mol. The van der Waals surface area contributed by atoms with Gasteiger partial charge in [-0.15, -0.1) is 0 Å². The first kappa shape index (κ1) is 16.4. The van der Waals surface area contributed by atoms with Gasteiger partial charge in [0.25, 0.3) is 0 Å². The van der Waals surface area contributed by atoms with Crippen LogP contribution in [0.15, 0.2) is 0 Å². The molecule has 0 aromatic carbocycles. The van der Waals surface area contributed by atoms with E-state index in [9.17, 15) is 4.79 Å². The van der Waals surface area contributed by atoms with E-state index in [2.05, 4.69) is 52.6 Å². The summed E-state index contributed by atoms with van der Waals surface area (Å²) in [4.78, 5) is 10.2. The van der Waals surface area contributed by atoms with Crippen molar-refractivity contribution in [2.45, 2.75) is 71.2 Å². The number of aldehydes is 1. The first-order chi connectivity index (χ1) is 7.74. The van der Waals surface area contributed by atoms with Gasteiger partial charge in [0, 0.05) is 6.42 Å². The molecule has 0 amide bonds. The number of hydrogen-bond acceptors (Lipinski definition) is 2. The Morgan fingerprint density at radius 3 is 2.35 bits per heavy atom. The third-order valence-electron chi connectivity index (χ3n) is 3.37. The minimum Gasteiger partial charge on any atom is -0.413 e. The Labute approximate surface area is 107 Å². The Morgan fingerprint density at radius 2 is 1.94 bits per heavy atom. The molecule has 0 fully saturated rings. The van der Waals surface area contributed by atoms with E-state index in [-0.39, 0.29) is 11.1 Å². The second-order valence-corrected chi connectivity index (χ2v) is 10.7. The molecule has 0 saturated heterocycles. The molecule has 0 radical (unpaired) electrons. The maximum atomic E-state index is 10.2. The van der Waals surface area contributed by atoms with E-state index in [0.717, 1.165) is 12.8 Å². The standard InChI is InChI=1S/C14H26O2Si/c1-7-10-13(11-8-9-12-15)16-17(5,6)14(2,3)4/h12-13H,7,10-11H2,1-6H3. The lowest BCUT2D eigenvalue weighted by Crippen LogP contribution is -2.43. The lowest BCUT2D eigenvalue weighted by Gasteiger charge is -2.39. The molecule has 3 heteroatoms. The predicted molar refractivity (Wildman–Crippen MR) is 75.4 cm³/mol. The van der Waals surface area contributed by atoms with E-state index in [1.54, 1.807) is 0 Å². The van der Waals surface area contributed by atoms with Crippen molar-refractivity contribution in [1.82, 2.24) is 0 Å². The van der Waals surface area contributed by atoms with Crippen molar-refractivity contribution < 1.29 is 9.22 Å². The van der Waals surface area contributed by atoms with E-state index < -0.39 is 8.32 Å². The van der Waals surface area contributed by atoms with Gasteiger partial charge in [-0.25, -0.2) is 0 Å². The van der Waals surface area contributed by atoms with E-state index in [0.29, 0.717) is 12.7 Å². The van der Waals surface area contributed by atoms with Crippen LogP contribution in [-0.4, -0.2) is 20.7 Å². The molecule has 0 aliphatic heterocycles. The number of carbonyl (C=O) groups excluding carboxylic acids is 1. The minimum absolute atomic E-state index is 0.174. The molecule has 17 heavy (non-hydrogen) atoms. The molecule has 2 nitrogen and oxygen atoms in total. The van der Waals surface area contributed by atoms with Crippen LogP contribution < -0.4 is 0 Å². The summed E-state index contributed by atoms with van der Waals surface area (Å²) in [6.45, 7) is 13.4. The van der Waals surface area contributed by atoms with Gasteiger partial charge in [-0.3, -0.25) is 4.79 Å². The fourth-order valence-electron chi connectivity index (χ4n) is 1.33. The fraction of sp³-hybridized carbons (Fsp3) is 0.786. The zero-order chi connectivity index (χ0) is 13.5. The van der Waals surface area contributed by atoms with E-state index in [1.807, 2.05) is 0 Å². The second-order valence-electron chi connectivity index (χ2n) is 5.93. The smallest absolute Gasteiger partial charge is 0.192 e. The van der Waals surface area contributed by atoms with Gasteiger partial charge in [-0.2, -0.15) is 0 Å². The van der Waals surface area contributed by atoms with Crippen LogP contribution in [0, 0.1) is 11.8 Å². The Balaban J connectivity index is 4.58. The first-order valence-electron chi connectivity index (χ1n) is 6.34. The summed E-state index contributed by atoms with van der Waals surface area (Å²) in [5, 5.41) is 0.219. The summed E-state index contributed by atoms with van der Waals surface area (Å²) >= 11 is 0. The average Bonchev–Trinajstić information content (AvgIpc) is 2.16. The van der Waals surface area contributed by atoms with Gasteiger partial charge in [0.2, 0.25) is 0 Å². The molecule has 0 bridgehead atoms. The molecule has 0 aliphatic rings. The predicted octanol–water partition coefficient (Wildman–Crippen LogP) is 3.77. The highest BCUT2D eigenvalue weighted by atomic mass is 28.4. The molecule has 0 aliphatic carbocycles. The van der Waals surface area contributed by atoms with Gasteiger partial charge in [-0.1, -0.05) is 40.0 Å². The molecule has 1 atom stereocenters. The highest BCUT2D eigenvalue weighted by Gasteiger charge is 2.38. The van der Waals surface area contributed by atoms with Crippen LogP contribution in [0.25, 0.3) is 0 Å². The molecule has 0 aromatic heterocycles. The summed E-state index contributed by atoms with van der Waals surface area (Å²) in [5.41, 5.74) is 0. The molecule has 0 spiro atoms. The monoisotopic (exact) mass is 254 g/mol. The lowest BCUT2D eigenvalue weighted by molar-refractivity contribution is -0.103. The van der Waals surface area contributed by atoms with Crippen LogP contribution in [0.2, 0.25) is 18.1 Å². The third kappa shape index (κ3) is 6.04. The maximum absolute atomic E-state index is 10.2. The van der Waals surface area contributed by atoms with Gasteiger partial charge < -0.3 is 4.43 Å². The maximum Gasteiger partial charge on any atom is 0.192 e. The van der Waals surface area contributed by atoms with E-state index in [1.165, 1.54) is 0 Å². The van der Waals surface area contributed by atoms with Gasteiger partial charge >= 0.3 is 0 Å². The van der Waals surface area contributed by atoms with Crippen molar-refractivity contribution >= 4 is 14.6 Å². The Morgan fingerprint density at radius 1 is 1.35 bits per heavy atom. The van der Waals surface area contributed by atoms with E-state index in [4.69, 9.17) is 4.43 Å². The van der Waals surface area contributed by atoms with Gasteiger partial charge in [-0.05, 0) is 30.5 Å². The molecule has 0 saturated carbocycles. The number of hydrogen-bond donors (Lipinski definition) is 0. The van der Waals surface area contributed by atoms with Gasteiger partial charge in [0.1, 0.15) is 0 Å². The van der Waals surface area contributed by atoms with Crippen molar-refractivity contribution in [3.63, 3.8) is 0 Å². The number of rotatable bonds is 5. The van der Waals surface area contributed by atoms with Crippen molar-refractivity contribution in [3.05, 3.63) is 0 Å². The summed E-state index contributed by atoms with van der Waals surface area (Å²) in [5.74, 6) is 5.34. The average molecular weight is 254 g/mol. The fourth-order valence-corrected chi connectivity index (χ4v) is 2.72. The first-order valence-corrected chi connectivity index (χ1v) is 9.25. The summed E-state index contributed by atoms with van der Waals surface area (Å²) in [7, 11) is -1.72. The molecule has 0 rings (SSSR count). The molecule has 0 aromatic rings. The zero-order valence-corrected chi connectivity index (χ0v) is 13.1. The summed E-state index contributed by atoms with van der Waals surface area (Å²) in [6, 6.07) is 0. The van der Waals surface area contributed by atoms with Crippen LogP contribution in [0.3, 0.4) is 0 Å². The zero-order valence-electron chi connectivity index (χ0n) is 12.1. The van der Waals surface area contributed by atoms with Crippen LogP contribution in [0.4, 0.5) is 0 Å². The van der Waals surface area contributed by atoms with Crippen molar-refractivity contribution in [2.24, 2.45) is 0 Å². The number of carbonyl (C=O) groups is 1. The van der Waals surface area contributed by atoms with Crippen LogP contribution in [0.1, 0.15) is 47.0 Å². The highest BCUT2D eigenvalue weighted by molar-refractivity contribution is 6.74. The molecular formula is C14H26O2Si. The van der Waals surface area contributed by atoms with Gasteiger partial charge in [0.15, 0.2) is 14.6 Å². The highest BCUT2D eigenvalue weighted by Crippen LogP contribution is 2.38. The van der Waals surface area contributed by atoms with Crippen molar-refractivity contribution in [3.8, 4) is 11.8 Å².